The molecule has 0 saturated heterocycles. The van der Waals surface area contributed by atoms with E-state index in [9.17, 15) is 0 Å². The Morgan fingerprint density at radius 1 is 1.41 bits per heavy atom. The van der Waals surface area contributed by atoms with Gasteiger partial charge in [-0.2, -0.15) is 0 Å². The van der Waals surface area contributed by atoms with Crippen molar-refractivity contribution in [2.75, 3.05) is 6.54 Å². The molecule has 1 atom stereocenters. The van der Waals surface area contributed by atoms with E-state index in [2.05, 4.69) is 40.0 Å². The van der Waals surface area contributed by atoms with Crippen molar-refractivity contribution in [2.45, 2.75) is 19.8 Å². The molecule has 17 heavy (non-hydrogen) atoms. The van der Waals surface area contributed by atoms with Crippen LogP contribution in [0.5, 0.6) is 0 Å². The molecule has 0 amide bonds. The zero-order valence-electron chi connectivity index (χ0n) is 9.90. The smallest absolute Gasteiger partial charge is 0.102 e. The van der Waals surface area contributed by atoms with Crippen molar-refractivity contribution in [1.29, 1.82) is 0 Å². The van der Waals surface area contributed by atoms with Gasteiger partial charge in [-0.3, -0.25) is 0 Å². The molecule has 2 N–H and O–H groups in total. The van der Waals surface area contributed by atoms with Crippen molar-refractivity contribution in [3.8, 4) is 0 Å². The van der Waals surface area contributed by atoms with Gasteiger partial charge in [0.2, 0.25) is 0 Å². The summed E-state index contributed by atoms with van der Waals surface area (Å²) in [4.78, 5) is 5.88. The minimum absolute atomic E-state index is 0.199. The Bertz CT molecular complexity index is 502. The fourth-order valence-corrected chi connectivity index (χ4v) is 3.23. The number of rotatable bonds is 3. The molecule has 1 heterocycles. The number of halogens is 1. The maximum absolute atomic E-state index is 5.90. The minimum atomic E-state index is 0.199. The molecule has 2 rings (SSSR count). The third-order valence-corrected chi connectivity index (χ3v) is 4.51. The van der Waals surface area contributed by atoms with E-state index in [4.69, 9.17) is 5.73 Å². The number of aromatic nitrogens is 1. The van der Waals surface area contributed by atoms with Crippen molar-refractivity contribution in [3.05, 3.63) is 49.9 Å². The monoisotopic (exact) mass is 310 g/mol. The quantitative estimate of drug-likeness (QED) is 0.940. The lowest BCUT2D eigenvalue weighted by atomic mass is 10.0. The van der Waals surface area contributed by atoms with Gasteiger partial charge in [-0.1, -0.05) is 28.1 Å². The fraction of sp³-hybridized carbons (Fsp3) is 0.308. The summed E-state index contributed by atoms with van der Waals surface area (Å²) in [6.07, 6.45) is 0. The topological polar surface area (TPSA) is 38.9 Å². The van der Waals surface area contributed by atoms with Crippen molar-refractivity contribution >= 4 is 27.3 Å². The number of nitrogens with two attached hydrogens (primary N) is 1. The second-order valence-electron chi connectivity index (χ2n) is 4.04. The van der Waals surface area contributed by atoms with Crippen LogP contribution in [0.3, 0.4) is 0 Å². The molecule has 90 valence electrons. The molecule has 2 aromatic rings. The van der Waals surface area contributed by atoms with Crippen LogP contribution >= 0.6 is 27.3 Å². The van der Waals surface area contributed by atoms with Gasteiger partial charge in [-0.05, 0) is 31.5 Å². The predicted molar refractivity (Wildman–Crippen MR) is 76.6 cm³/mol. The van der Waals surface area contributed by atoms with E-state index in [-0.39, 0.29) is 5.92 Å². The van der Waals surface area contributed by atoms with Gasteiger partial charge in [0.1, 0.15) is 5.01 Å². The van der Waals surface area contributed by atoms with E-state index >= 15 is 0 Å². The summed E-state index contributed by atoms with van der Waals surface area (Å²) in [6, 6.07) is 8.28. The van der Waals surface area contributed by atoms with E-state index in [1.165, 1.54) is 10.4 Å². The van der Waals surface area contributed by atoms with Crippen LogP contribution in [0, 0.1) is 13.8 Å². The number of aryl methyl sites for hydroxylation is 2. The van der Waals surface area contributed by atoms with Crippen LogP contribution in [0.4, 0.5) is 0 Å². The number of thiazole rings is 1. The minimum Gasteiger partial charge on any atom is -0.329 e. The van der Waals surface area contributed by atoms with Gasteiger partial charge in [0, 0.05) is 21.8 Å². The van der Waals surface area contributed by atoms with Gasteiger partial charge in [0.15, 0.2) is 0 Å². The van der Waals surface area contributed by atoms with E-state index in [0.717, 1.165) is 15.2 Å². The molecule has 0 bridgehead atoms. The van der Waals surface area contributed by atoms with Gasteiger partial charge in [0.05, 0.1) is 5.69 Å². The summed E-state index contributed by atoms with van der Waals surface area (Å²) in [7, 11) is 0. The molecule has 0 fully saturated rings. The molecule has 0 radical (unpaired) electrons. The highest BCUT2D eigenvalue weighted by Crippen LogP contribution is 2.30. The maximum Gasteiger partial charge on any atom is 0.102 e. The molecule has 1 aromatic carbocycles. The summed E-state index contributed by atoms with van der Waals surface area (Å²) < 4.78 is 1.08. The lowest BCUT2D eigenvalue weighted by Gasteiger charge is -2.12. The molecule has 4 heteroatoms. The summed E-state index contributed by atoms with van der Waals surface area (Å²) in [6.45, 7) is 4.73. The standard InChI is InChI=1S/C13H15BrN2S/c1-8-9(2)17-13(16-8)12(7-15)10-4-3-5-11(14)6-10/h3-6,12H,7,15H2,1-2H3. The van der Waals surface area contributed by atoms with E-state index in [0.29, 0.717) is 6.54 Å². The third-order valence-electron chi connectivity index (χ3n) is 2.83. The first kappa shape index (κ1) is 12.7. The molecular weight excluding hydrogens is 296 g/mol. The number of hydrogen-bond donors (Lipinski definition) is 1. The molecule has 1 unspecified atom stereocenters. The Hall–Kier alpha value is -0.710. The normalized spacial score (nSPS) is 12.7. The maximum atomic E-state index is 5.90. The average molecular weight is 311 g/mol. The Kier molecular flexibility index (Phi) is 3.97. The van der Waals surface area contributed by atoms with Crippen LogP contribution in [-0.2, 0) is 0 Å². The fourth-order valence-electron chi connectivity index (χ4n) is 1.75. The summed E-state index contributed by atoms with van der Waals surface area (Å²) >= 11 is 5.24. The van der Waals surface area contributed by atoms with Crippen LogP contribution < -0.4 is 5.73 Å². The Balaban J connectivity index is 2.39. The van der Waals surface area contributed by atoms with Crippen LogP contribution in [0.1, 0.15) is 27.1 Å². The molecule has 0 spiro atoms. The molecule has 0 aliphatic heterocycles. The molecular formula is C13H15BrN2S. The molecule has 1 aromatic heterocycles. The van der Waals surface area contributed by atoms with Crippen LogP contribution in [0.2, 0.25) is 0 Å². The highest BCUT2D eigenvalue weighted by atomic mass is 79.9. The van der Waals surface area contributed by atoms with E-state index < -0.39 is 0 Å². The van der Waals surface area contributed by atoms with E-state index in [1.807, 2.05) is 19.1 Å². The van der Waals surface area contributed by atoms with Gasteiger partial charge < -0.3 is 5.73 Å². The zero-order chi connectivity index (χ0) is 12.4. The zero-order valence-corrected chi connectivity index (χ0v) is 12.3. The summed E-state index contributed by atoms with van der Waals surface area (Å²) in [5.41, 5.74) is 8.23. The molecule has 0 saturated carbocycles. The van der Waals surface area contributed by atoms with Crippen LogP contribution in [0.15, 0.2) is 28.7 Å². The van der Waals surface area contributed by atoms with Gasteiger partial charge in [-0.15, -0.1) is 11.3 Å². The van der Waals surface area contributed by atoms with Crippen LogP contribution in [-0.4, -0.2) is 11.5 Å². The lowest BCUT2D eigenvalue weighted by Crippen LogP contribution is -2.13. The largest absolute Gasteiger partial charge is 0.329 e. The Morgan fingerprint density at radius 3 is 2.71 bits per heavy atom. The second-order valence-corrected chi connectivity index (χ2v) is 6.19. The van der Waals surface area contributed by atoms with Crippen molar-refractivity contribution in [3.63, 3.8) is 0 Å². The van der Waals surface area contributed by atoms with Crippen molar-refractivity contribution in [1.82, 2.24) is 4.98 Å². The predicted octanol–water partition coefficient (Wildman–Crippen LogP) is 3.61. The van der Waals surface area contributed by atoms with E-state index in [1.54, 1.807) is 11.3 Å². The summed E-state index contributed by atoms with van der Waals surface area (Å²) in [5.74, 6) is 0.199. The highest BCUT2D eigenvalue weighted by molar-refractivity contribution is 9.10. The first-order valence-electron chi connectivity index (χ1n) is 5.51. The highest BCUT2D eigenvalue weighted by Gasteiger charge is 2.17. The summed E-state index contributed by atoms with van der Waals surface area (Å²) in [5, 5.41) is 1.11. The first-order valence-corrected chi connectivity index (χ1v) is 7.12. The van der Waals surface area contributed by atoms with Gasteiger partial charge in [0.25, 0.3) is 0 Å². The molecule has 0 aliphatic rings. The number of nitrogens with zero attached hydrogens (tertiary/aromatic N) is 1. The second kappa shape index (κ2) is 5.29. The average Bonchev–Trinajstić information content (AvgIpc) is 2.60. The lowest BCUT2D eigenvalue weighted by molar-refractivity contribution is 0.805. The number of hydrogen-bond acceptors (Lipinski definition) is 3. The van der Waals surface area contributed by atoms with Gasteiger partial charge >= 0.3 is 0 Å². The Morgan fingerprint density at radius 2 is 2.18 bits per heavy atom. The SMILES string of the molecule is Cc1nc(C(CN)c2cccc(Br)c2)sc1C. The molecule has 0 aliphatic carbocycles. The van der Waals surface area contributed by atoms with Crippen molar-refractivity contribution in [2.24, 2.45) is 5.73 Å². The Labute approximate surface area is 114 Å². The third kappa shape index (κ3) is 2.76. The first-order chi connectivity index (χ1) is 8.11. The number of benzene rings is 1. The van der Waals surface area contributed by atoms with Crippen LogP contribution in [0.25, 0.3) is 0 Å². The molecule has 2 nitrogen and oxygen atoms in total. The van der Waals surface area contributed by atoms with Gasteiger partial charge in [-0.25, -0.2) is 4.98 Å². The van der Waals surface area contributed by atoms with Crippen molar-refractivity contribution < 1.29 is 0 Å².